The van der Waals surface area contributed by atoms with E-state index in [0.29, 0.717) is 12.5 Å². The van der Waals surface area contributed by atoms with E-state index in [1.807, 2.05) is 20.8 Å². The van der Waals surface area contributed by atoms with Gasteiger partial charge in [-0.2, -0.15) is 0 Å². The first-order chi connectivity index (χ1) is 8.23. The maximum atomic E-state index is 12.4. The van der Waals surface area contributed by atoms with E-state index in [1.54, 1.807) is 0 Å². The van der Waals surface area contributed by atoms with Gasteiger partial charge in [0.05, 0.1) is 23.7 Å². The lowest BCUT2D eigenvalue weighted by molar-refractivity contribution is -0.129. The molecule has 0 spiro atoms. The number of amides is 1. The number of ether oxygens (including phenoxy) is 1. The Labute approximate surface area is 111 Å². The van der Waals surface area contributed by atoms with E-state index in [4.69, 9.17) is 10.5 Å². The van der Waals surface area contributed by atoms with E-state index in [0.717, 1.165) is 0 Å². The third-order valence-corrected chi connectivity index (χ3v) is 4.65. The largest absolute Gasteiger partial charge is 0.374 e. The maximum Gasteiger partial charge on any atom is 0.226 e. The molecular formula is C14H28N2O2. The summed E-state index contributed by atoms with van der Waals surface area (Å²) < 4.78 is 5.72. The summed E-state index contributed by atoms with van der Waals surface area (Å²) in [5.41, 5.74) is 5.46. The molecule has 1 amide bonds. The maximum absolute atomic E-state index is 12.4. The number of hydrogen-bond donors (Lipinski definition) is 2. The van der Waals surface area contributed by atoms with Crippen LogP contribution in [0.4, 0.5) is 0 Å². The molecular weight excluding hydrogens is 228 g/mol. The Morgan fingerprint density at radius 2 is 1.89 bits per heavy atom. The molecule has 0 saturated carbocycles. The fraction of sp³-hybridized carbons (Fsp3) is 0.929. The van der Waals surface area contributed by atoms with Crippen molar-refractivity contribution in [2.45, 2.75) is 59.3 Å². The first-order valence-electron chi connectivity index (χ1n) is 6.90. The summed E-state index contributed by atoms with van der Waals surface area (Å²) in [6.07, 6.45) is 0.114. The molecule has 1 saturated heterocycles. The van der Waals surface area contributed by atoms with Crippen LogP contribution in [0.3, 0.4) is 0 Å². The highest BCUT2D eigenvalue weighted by Gasteiger charge is 2.43. The van der Waals surface area contributed by atoms with Gasteiger partial charge in [0.1, 0.15) is 0 Å². The molecule has 18 heavy (non-hydrogen) atoms. The predicted octanol–water partition coefficient (Wildman–Crippen LogP) is 1.54. The van der Waals surface area contributed by atoms with Crippen LogP contribution in [0, 0.1) is 17.8 Å². The summed E-state index contributed by atoms with van der Waals surface area (Å²) in [5, 5.41) is 3.12. The Kier molecular flexibility index (Phi) is 4.78. The standard InChI is InChI=1S/C14H28N2O2/c1-8(2)14(6,7-15)16-13(17)12-9(3)10(4)18-11(12)5/h8-12H,7,15H2,1-6H3,(H,16,17). The van der Waals surface area contributed by atoms with E-state index in [1.165, 1.54) is 0 Å². The van der Waals surface area contributed by atoms with Gasteiger partial charge in [0.25, 0.3) is 0 Å². The molecule has 106 valence electrons. The van der Waals surface area contributed by atoms with Crippen molar-refractivity contribution in [3.8, 4) is 0 Å². The van der Waals surface area contributed by atoms with E-state index >= 15 is 0 Å². The quantitative estimate of drug-likeness (QED) is 0.802. The van der Waals surface area contributed by atoms with E-state index in [2.05, 4.69) is 26.1 Å². The Morgan fingerprint density at radius 1 is 1.33 bits per heavy atom. The normalized spacial score (nSPS) is 35.6. The number of carbonyl (C=O) groups excluding carboxylic acids is 1. The molecule has 4 nitrogen and oxygen atoms in total. The highest BCUT2D eigenvalue weighted by Crippen LogP contribution is 2.32. The Morgan fingerprint density at radius 3 is 2.22 bits per heavy atom. The van der Waals surface area contributed by atoms with Crippen LogP contribution in [0.25, 0.3) is 0 Å². The van der Waals surface area contributed by atoms with Gasteiger partial charge in [0, 0.05) is 6.54 Å². The Bertz CT molecular complexity index is 306. The summed E-state index contributed by atoms with van der Waals surface area (Å²) in [6.45, 7) is 12.7. The number of hydrogen-bond acceptors (Lipinski definition) is 3. The molecule has 0 radical (unpaired) electrons. The zero-order valence-electron chi connectivity index (χ0n) is 12.5. The average molecular weight is 256 g/mol. The summed E-state index contributed by atoms with van der Waals surface area (Å²) in [6, 6.07) is 0. The van der Waals surface area contributed by atoms with Gasteiger partial charge in [0.15, 0.2) is 0 Å². The van der Waals surface area contributed by atoms with Crippen LogP contribution in [0.2, 0.25) is 0 Å². The van der Waals surface area contributed by atoms with Gasteiger partial charge in [-0.1, -0.05) is 20.8 Å². The molecule has 0 aromatic carbocycles. The van der Waals surface area contributed by atoms with E-state index < -0.39 is 0 Å². The second-order valence-corrected chi connectivity index (χ2v) is 6.20. The smallest absolute Gasteiger partial charge is 0.226 e. The van der Waals surface area contributed by atoms with Gasteiger partial charge in [-0.05, 0) is 32.6 Å². The first-order valence-corrected chi connectivity index (χ1v) is 6.90. The summed E-state index contributed by atoms with van der Waals surface area (Å²) in [7, 11) is 0. The SMILES string of the molecule is CC1OC(C)C(C(=O)NC(C)(CN)C(C)C)C1C. The highest BCUT2D eigenvalue weighted by molar-refractivity contribution is 5.80. The van der Waals surface area contributed by atoms with Crippen LogP contribution in [0.1, 0.15) is 41.5 Å². The molecule has 1 aliphatic heterocycles. The minimum atomic E-state index is -0.345. The molecule has 0 aromatic heterocycles. The van der Waals surface area contributed by atoms with Crippen molar-refractivity contribution in [1.29, 1.82) is 0 Å². The molecule has 5 atom stereocenters. The van der Waals surface area contributed by atoms with Crippen LogP contribution >= 0.6 is 0 Å². The van der Waals surface area contributed by atoms with Gasteiger partial charge < -0.3 is 15.8 Å². The van der Waals surface area contributed by atoms with Crippen molar-refractivity contribution < 1.29 is 9.53 Å². The van der Waals surface area contributed by atoms with E-state index in [-0.39, 0.29) is 35.5 Å². The zero-order valence-corrected chi connectivity index (χ0v) is 12.5. The van der Waals surface area contributed by atoms with Gasteiger partial charge in [-0.25, -0.2) is 0 Å². The van der Waals surface area contributed by atoms with Gasteiger partial charge in [-0.3, -0.25) is 4.79 Å². The molecule has 3 N–H and O–H groups in total. The van der Waals surface area contributed by atoms with Crippen LogP contribution < -0.4 is 11.1 Å². The molecule has 1 aliphatic rings. The molecule has 1 rings (SSSR count). The number of nitrogens with two attached hydrogens (primary N) is 1. The van der Waals surface area contributed by atoms with Crippen molar-refractivity contribution >= 4 is 5.91 Å². The lowest BCUT2D eigenvalue weighted by atomic mass is 9.84. The molecule has 0 bridgehead atoms. The topological polar surface area (TPSA) is 64.3 Å². The van der Waals surface area contributed by atoms with Gasteiger partial charge >= 0.3 is 0 Å². The van der Waals surface area contributed by atoms with Crippen molar-refractivity contribution in [2.24, 2.45) is 23.5 Å². The lowest BCUT2D eigenvalue weighted by Gasteiger charge is -2.35. The van der Waals surface area contributed by atoms with Gasteiger partial charge in [0.2, 0.25) is 5.91 Å². The Hall–Kier alpha value is -0.610. The van der Waals surface area contributed by atoms with Crippen molar-refractivity contribution in [2.75, 3.05) is 6.54 Å². The minimum Gasteiger partial charge on any atom is -0.374 e. The van der Waals surface area contributed by atoms with Crippen molar-refractivity contribution in [3.63, 3.8) is 0 Å². The third-order valence-electron chi connectivity index (χ3n) is 4.65. The van der Waals surface area contributed by atoms with Crippen LogP contribution in [-0.4, -0.2) is 30.2 Å². The molecule has 0 aliphatic carbocycles. The fourth-order valence-electron chi connectivity index (χ4n) is 2.51. The average Bonchev–Trinajstić information content (AvgIpc) is 2.52. The summed E-state index contributed by atoms with van der Waals surface area (Å²) in [4.78, 5) is 12.4. The second-order valence-electron chi connectivity index (χ2n) is 6.20. The molecule has 4 heteroatoms. The van der Waals surface area contributed by atoms with Crippen LogP contribution in [-0.2, 0) is 9.53 Å². The molecule has 1 heterocycles. The van der Waals surface area contributed by atoms with Crippen molar-refractivity contribution in [1.82, 2.24) is 5.32 Å². The second kappa shape index (κ2) is 5.57. The molecule has 5 unspecified atom stereocenters. The number of carbonyl (C=O) groups is 1. The predicted molar refractivity (Wildman–Crippen MR) is 73.1 cm³/mol. The van der Waals surface area contributed by atoms with Crippen LogP contribution in [0.5, 0.6) is 0 Å². The van der Waals surface area contributed by atoms with Crippen LogP contribution in [0.15, 0.2) is 0 Å². The number of rotatable bonds is 4. The summed E-state index contributed by atoms with van der Waals surface area (Å²) in [5.74, 6) is 0.539. The number of nitrogens with one attached hydrogen (secondary N) is 1. The molecule has 0 aromatic rings. The monoisotopic (exact) mass is 256 g/mol. The zero-order chi connectivity index (χ0) is 14.1. The minimum absolute atomic E-state index is 0.0239. The molecule has 1 fully saturated rings. The van der Waals surface area contributed by atoms with Gasteiger partial charge in [-0.15, -0.1) is 0 Å². The third kappa shape index (κ3) is 2.86. The fourth-order valence-corrected chi connectivity index (χ4v) is 2.51. The van der Waals surface area contributed by atoms with E-state index in [9.17, 15) is 4.79 Å². The highest BCUT2D eigenvalue weighted by atomic mass is 16.5. The van der Waals surface area contributed by atoms with Crippen molar-refractivity contribution in [3.05, 3.63) is 0 Å². The lowest BCUT2D eigenvalue weighted by Crippen LogP contribution is -2.57. The first kappa shape index (κ1) is 15.4. The summed E-state index contributed by atoms with van der Waals surface area (Å²) >= 11 is 0. The Balaban J connectivity index is 2.77.